The predicted molar refractivity (Wildman–Crippen MR) is 72.8 cm³/mol. The maximum absolute atomic E-state index is 12.3. The number of carboxylic acid groups (broad SMARTS) is 1. The Balaban J connectivity index is 3.24. The van der Waals surface area contributed by atoms with Crippen LogP contribution in [0.15, 0.2) is 24.3 Å². The van der Waals surface area contributed by atoms with Crippen LogP contribution in [-0.2, 0) is 20.8 Å². The molecule has 0 fully saturated rings. The van der Waals surface area contributed by atoms with E-state index in [1.807, 2.05) is 0 Å². The maximum atomic E-state index is 12.3. The number of carbonyl (C=O) groups is 3. The number of para-hydroxylation sites is 1. The summed E-state index contributed by atoms with van der Waals surface area (Å²) in [6.07, 6.45) is -0.673. The normalized spacial score (nSPS) is 13.2. The summed E-state index contributed by atoms with van der Waals surface area (Å²) in [7, 11) is 0. The number of nitro benzene ring substituents is 1. The number of nitro groups is 1. The van der Waals surface area contributed by atoms with Gasteiger partial charge in [-0.15, -0.1) is 0 Å². The molecule has 0 aliphatic rings. The summed E-state index contributed by atoms with van der Waals surface area (Å²) in [5.41, 5.74) is -2.33. The summed E-state index contributed by atoms with van der Waals surface area (Å²) in [4.78, 5) is 45.6. The van der Waals surface area contributed by atoms with Gasteiger partial charge >= 0.3 is 5.97 Å². The van der Waals surface area contributed by atoms with Crippen molar-refractivity contribution in [3.05, 3.63) is 39.9 Å². The van der Waals surface area contributed by atoms with Crippen LogP contribution in [0.1, 0.15) is 25.8 Å². The SMILES string of the molecule is CCC(C(C)=O)(C(=O)O)C(=O)Cc1ccccc1[N+](=O)[O-]. The van der Waals surface area contributed by atoms with E-state index in [2.05, 4.69) is 0 Å². The van der Waals surface area contributed by atoms with Gasteiger partial charge in [0, 0.05) is 18.1 Å². The highest BCUT2D eigenvalue weighted by Gasteiger charge is 2.48. The molecule has 1 atom stereocenters. The van der Waals surface area contributed by atoms with Crippen molar-refractivity contribution >= 4 is 23.2 Å². The highest BCUT2D eigenvalue weighted by Crippen LogP contribution is 2.29. The third-order valence-electron chi connectivity index (χ3n) is 3.51. The molecular formula is C14H15NO6. The van der Waals surface area contributed by atoms with Crippen molar-refractivity contribution < 1.29 is 24.4 Å². The molecule has 1 aromatic carbocycles. The zero-order chi connectivity index (χ0) is 16.2. The lowest BCUT2D eigenvalue weighted by molar-refractivity contribution is -0.385. The van der Waals surface area contributed by atoms with Crippen molar-refractivity contribution in [2.45, 2.75) is 26.7 Å². The molecule has 7 nitrogen and oxygen atoms in total. The second kappa shape index (κ2) is 6.25. The second-order valence-electron chi connectivity index (χ2n) is 4.61. The van der Waals surface area contributed by atoms with Gasteiger partial charge in [-0.25, -0.2) is 0 Å². The van der Waals surface area contributed by atoms with Crippen molar-refractivity contribution in [2.24, 2.45) is 5.41 Å². The molecule has 0 saturated heterocycles. The lowest BCUT2D eigenvalue weighted by Gasteiger charge is -2.23. The highest BCUT2D eigenvalue weighted by atomic mass is 16.6. The van der Waals surface area contributed by atoms with E-state index in [0.29, 0.717) is 0 Å². The van der Waals surface area contributed by atoms with Gasteiger partial charge in [-0.3, -0.25) is 24.5 Å². The quantitative estimate of drug-likeness (QED) is 0.465. The lowest BCUT2D eigenvalue weighted by Crippen LogP contribution is -2.45. The van der Waals surface area contributed by atoms with Gasteiger partial charge in [0.15, 0.2) is 17.0 Å². The van der Waals surface area contributed by atoms with Gasteiger partial charge in [-0.05, 0) is 13.3 Å². The first-order valence-corrected chi connectivity index (χ1v) is 6.27. The largest absolute Gasteiger partial charge is 0.480 e. The molecule has 0 aliphatic carbocycles. The summed E-state index contributed by atoms with van der Waals surface area (Å²) in [5, 5.41) is 20.1. The summed E-state index contributed by atoms with van der Waals surface area (Å²) in [6, 6.07) is 5.56. The first-order chi connectivity index (χ1) is 9.77. The molecule has 0 radical (unpaired) electrons. The van der Waals surface area contributed by atoms with Crippen LogP contribution in [0.2, 0.25) is 0 Å². The Morgan fingerprint density at radius 3 is 2.29 bits per heavy atom. The standard InChI is InChI=1S/C14H15NO6/c1-3-14(9(2)16,13(18)19)12(17)8-10-6-4-5-7-11(10)15(20)21/h4-7H,3,8H2,1-2H3,(H,18,19). The molecule has 0 spiro atoms. The Morgan fingerprint density at radius 1 is 1.29 bits per heavy atom. The van der Waals surface area contributed by atoms with Crippen LogP contribution in [-0.4, -0.2) is 27.6 Å². The van der Waals surface area contributed by atoms with Gasteiger partial charge in [0.05, 0.1) is 4.92 Å². The molecule has 112 valence electrons. The number of benzene rings is 1. The molecule has 0 amide bonds. The third kappa shape index (κ3) is 2.96. The second-order valence-corrected chi connectivity index (χ2v) is 4.61. The van der Waals surface area contributed by atoms with E-state index in [9.17, 15) is 29.6 Å². The van der Waals surface area contributed by atoms with Gasteiger partial charge in [0.25, 0.3) is 5.69 Å². The monoisotopic (exact) mass is 293 g/mol. The molecule has 0 saturated carbocycles. The summed E-state index contributed by atoms with van der Waals surface area (Å²) < 4.78 is 0. The van der Waals surface area contributed by atoms with Gasteiger partial charge in [-0.2, -0.15) is 0 Å². The average Bonchev–Trinajstić information content (AvgIpc) is 2.39. The van der Waals surface area contributed by atoms with Crippen molar-refractivity contribution in [3.63, 3.8) is 0 Å². The summed E-state index contributed by atoms with van der Waals surface area (Å²) in [6.45, 7) is 2.46. The highest BCUT2D eigenvalue weighted by molar-refractivity contribution is 6.21. The van der Waals surface area contributed by atoms with Gasteiger partial charge in [0.2, 0.25) is 0 Å². The van der Waals surface area contributed by atoms with E-state index in [0.717, 1.165) is 6.92 Å². The van der Waals surface area contributed by atoms with Gasteiger partial charge in [-0.1, -0.05) is 25.1 Å². The maximum Gasteiger partial charge on any atom is 0.324 e. The van der Waals surface area contributed by atoms with Crippen LogP contribution in [0.5, 0.6) is 0 Å². The Bertz CT molecular complexity index is 593. The van der Waals surface area contributed by atoms with Crippen LogP contribution >= 0.6 is 0 Å². The Hall–Kier alpha value is -2.57. The Morgan fingerprint density at radius 2 is 1.86 bits per heavy atom. The number of hydrogen-bond donors (Lipinski definition) is 1. The molecule has 1 rings (SSSR count). The molecule has 1 N–H and O–H groups in total. The minimum absolute atomic E-state index is 0.0906. The first-order valence-electron chi connectivity index (χ1n) is 6.27. The number of carbonyl (C=O) groups excluding carboxylic acids is 2. The summed E-state index contributed by atoms with van der Waals surface area (Å²) in [5.74, 6) is -3.15. The number of aliphatic carboxylic acids is 1. The van der Waals surface area contributed by atoms with Gasteiger partial charge in [0.1, 0.15) is 0 Å². The average molecular weight is 293 g/mol. The van der Waals surface area contributed by atoms with E-state index in [4.69, 9.17) is 0 Å². The van der Waals surface area contributed by atoms with E-state index in [-0.39, 0.29) is 17.7 Å². The van der Waals surface area contributed by atoms with Crippen LogP contribution < -0.4 is 0 Å². The molecule has 1 unspecified atom stereocenters. The Labute approximate surface area is 120 Å². The zero-order valence-corrected chi connectivity index (χ0v) is 11.7. The van der Waals surface area contributed by atoms with E-state index in [1.165, 1.54) is 31.2 Å². The smallest absolute Gasteiger partial charge is 0.324 e. The molecule has 0 aliphatic heterocycles. The molecule has 21 heavy (non-hydrogen) atoms. The molecular weight excluding hydrogens is 278 g/mol. The third-order valence-corrected chi connectivity index (χ3v) is 3.51. The number of carboxylic acids is 1. The molecule has 1 aromatic rings. The van der Waals surface area contributed by atoms with Crippen LogP contribution in [0.25, 0.3) is 0 Å². The van der Waals surface area contributed by atoms with Crippen molar-refractivity contribution in [1.29, 1.82) is 0 Å². The van der Waals surface area contributed by atoms with Crippen LogP contribution in [0.3, 0.4) is 0 Å². The van der Waals surface area contributed by atoms with E-state index in [1.54, 1.807) is 0 Å². The van der Waals surface area contributed by atoms with E-state index < -0.39 is 34.3 Å². The number of nitrogens with zero attached hydrogens (tertiary/aromatic N) is 1. The van der Waals surface area contributed by atoms with Crippen LogP contribution in [0, 0.1) is 15.5 Å². The molecule has 0 aromatic heterocycles. The Kier molecular flexibility index (Phi) is 4.91. The zero-order valence-electron chi connectivity index (χ0n) is 11.7. The minimum Gasteiger partial charge on any atom is -0.480 e. The molecule has 0 heterocycles. The van der Waals surface area contributed by atoms with Crippen molar-refractivity contribution in [1.82, 2.24) is 0 Å². The first kappa shape index (κ1) is 16.5. The molecule has 0 bridgehead atoms. The number of ketones is 2. The minimum atomic E-state index is -2.15. The molecule has 7 heteroatoms. The van der Waals surface area contributed by atoms with Gasteiger partial charge < -0.3 is 5.11 Å². The number of rotatable bonds is 7. The van der Waals surface area contributed by atoms with Crippen LogP contribution in [0.4, 0.5) is 5.69 Å². The van der Waals surface area contributed by atoms with Crippen molar-refractivity contribution in [3.8, 4) is 0 Å². The van der Waals surface area contributed by atoms with E-state index >= 15 is 0 Å². The lowest BCUT2D eigenvalue weighted by atomic mass is 9.75. The fourth-order valence-corrected chi connectivity index (χ4v) is 2.23. The fraction of sp³-hybridized carbons (Fsp3) is 0.357. The number of hydrogen-bond acceptors (Lipinski definition) is 5. The van der Waals surface area contributed by atoms with Crippen molar-refractivity contribution in [2.75, 3.05) is 0 Å². The predicted octanol–water partition coefficient (Wildman–Crippen LogP) is 1.78. The fourth-order valence-electron chi connectivity index (χ4n) is 2.23. The summed E-state index contributed by atoms with van der Waals surface area (Å²) >= 11 is 0. The number of Topliss-reactive ketones (excluding diaryl/α,β-unsaturated/α-hetero) is 2. The topological polar surface area (TPSA) is 115 Å².